The van der Waals surface area contributed by atoms with Crippen molar-refractivity contribution < 1.29 is 14.3 Å². The Balaban J connectivity index is 1.52. The molecule has 0 aromatic heterocycles. The lowest BCUT2D eigenvalue weighted by atomic mass is 10.2. The highest BCUT2D eigenvalue weighted by Crippen LogP contribution is 2.32. The van der Waals surface area contributed by atoms with Crippen LogP contribution < -0.4 is 15.4 Å². The zero-order valence-corrected chi connectivity index (χ0v) is 14.2. The summed E-state index contributed by atoms with van der Waals surface area (Å²) in [6.45, 7) is 1.99. The molecule has 1 aliphatic carbocycles. The van der Waals surface area contributed by atoms with E-state index in [1.54, 1.807) is 36.4 Å². The van der Waals surface area contributed by atoms with E-state index in [9.17, 15) is 9.59 Å². The molecule has 3 rings (SSSR count). The second-order valence-corrected chi connectivity index (χ2v) is 6.33. The van der Waals surface area contributed by atoms with Gasteiger partial charge in [-0.15, -0.1) is 0 Å². The molecular formula is C20H22N2O3. The smallest absolute Gasteiger partial charge is 0.258 e. The molecule has 2 aromatic rings. The fourth-order valence-corrected chi connectivity index (χ4v) is 2.61. The van der Waals surface area contributed by atoms with Gasteiger partial charge in [-0.1, -0.05) is 24.3 Å². The number of ether oxygens (including phenoxy) is 1. The van der Waals surface area contributed by atoms with Crippen molar-refractivity contribution in [3.8, 4) is 5.75 Å². The van der Waals surface area contributed by atoms with Crippen LogP contribution in [0.1, 0.15) is 30.1 Å². The van der Waals surface area contributed by atoms with Gasteiger partial charge in [0.15, 0.2) is 6.61 Å². The van der Waals surface area contributed by atoms with E-state index >= 15 is 0 Å². The Morgan fingerprint density at radius 3 is 2.60 bits per heavy atom. The van der Waals surface area contributed by atoms with Crippen molar-refractivity contribution in [1.82, 2.24) is 5.32 Å². The Morgan fingerprint density at radius 2 is 1.88 bits per heavy atom. The van der Waals surface area contributed by atoms with Crippen molar-refractivity contribution in [3.63, 3.8) is 0 Å². The molecule has 1 saturated carbocycles. The zero-order chi connectivity index (χ0) is 17.6. The number of carbonyl (C=O) groups excluding carboxylic acids is 2. The number of anilines is 1. The molecule has 2 aromatic carbocycles. The molecule has 5 heteroatoms. The SMILES string of the molecule is C[C@H](NC(=O)COc1cccc(NC(=O)c2ccccc2)c1)C1CC1. The number of rotatable bonds is 7. The molecule has 0 saturated heterocycles. The maximum atomic E-state index is 12.2. The van der Waals surface area contributed by atoms with Gasteiger partial charge in [-0.25, -0.2) is 0 Å². The highest BCUT2D eigenvalue weighted by molar-refractivity contribution is 6.04. The number of benzene rings is 2. The van der Waals surface area contributed by atoms with E-state index < -0.39 is 0 Å². The van der Waals surface area contributed by atoms with Crippen LogP contribution in [0.3, 0.4) is 0 Å². The summed E-state index contributed by atoms with van der Waals surface area (Å²) in [6.07, 6.45) is 2.37. The fraction of sp³-hybridized carbons (Fsp3) is 0.300. The summed E-state index contributed by atoms with van der Waals surface area (Å²) in [6, 6.07) is 16.2. The van der Waals surface area contributed by atoms with Crippen LogP contribution in [0.25, 0.3) is 0 Å². The summed E-state index contributed by atoms with van der Waals surface area (Å²) in [5.41, 5.74) is 1.21. The molecule has 2 N–H and O–H groups in total. The number of nitrogens with one attached hydrogen (secondary N) is 2. The summed E-state index contributed by atoms with van der Waals surface area (Å²) in [7, 11) is 0. The van der Waals surface area contributed by atoms with Crippen LogP contribution in [0, 0.1) is 5.92 Å². The van der Waals surface area contributed by atoms with Crippen molar-refractivity contribution in [2.45, 2.75) is 25.8 Å². The highest BCUT2D eigenvalue weighted by Gasteiger charge is 2.28. The van der Waals surface area contributed by atoms with Crippen molar-refractivity contribution in [2.75, 3.05) is 11.9 Å². The van der Waals surface area contributed by atoms with E-state index in [4.69, 9.17) is 4.74 Å². The van der Waals surface area contributed by atoms with E-state index in [0.29, 0.717) is 22.9 Å². The van der Waals surface area contributed by atoms with Gasteiger partial charge in [0.25, 0.3) is 11.8 Å². The maximum Gasteiger partial charge on any atom is 0.258 e. The first-order chi connectivity index (χ1) is 12.1. The molecule has 25 heavy (non-hydrogen) atoms. The molecule has 1 atom stereocenters. The van der Waals surface area contributed by atoms with Crippen LogP contribution in [0.5, 0.6) is 5.75 Å². The van der Waals surface area contributed by atoms with Crippen molar-refractivity contribution >= 4 is 17.5 Å². The summed E-state index contributed by atoms with van der Waals surface area (Å²) in [5, 5.41) is 5.77. The van der Waals surface area contributed by atoms with Gasteiger partial charge in [-0.3, -0.25) is 9.59 Å². The Hall–Kier alpha value is -2.82. The molecule has 2 amide bonds. The molecule has 0 unspecified atom stereocenters. The standard InChI is InChI=1S/C20H22N2O3/c1-14(15-10-11-15)21-19(23)13-25-18-9-5-8-17(12-18)22-20(24)16-6-3-2-4-7-16/h2-9,12,14-15H,10-11,13H2,1H3,(H,21,23)(H,22,24)/t14-/m0/s1. The maximum absolute atomic E-state index is 12.2. The average Bonchev–Trinajstić information content (AvgIpc) is 3.46. The third kappa shape index (κ3) is 5.08. The van der Waals surface area contributed by atoms with E-state index in [1.165, 1.54) is 12.8 Å². The number of hydrogen-bond donors (Lipinski definition) is 2. The first-order valence-corrected chi connectivity index (χ1v) is 8.50. The number of hydrogen-bond acceptors (Lipinski definition) is 3. The topological polar surface area (TPSA) is 67.4 Å². The minimum atomic E-state index is -0.186. The van der Waals surface area contributed by atoms with Crippen LogP contribution in [0.15, 0.2) is 54.6 Å². The number of carbonyl (C=O) groups is 2. The van der Waals surface area contributed by atoms with Gasteiger partial charge in [-0.05, 0) is 49.9 Å². The third-order valence-electron chi connectivity index (χ3n) is 4.22. The Bertz CT molecular complexity index is 742. The lowest BCUT2D eigenvalue weighted by Gasteiger charge is -2.13. The van der Waals surface area contributed by atoms with E-state index in [-0.39, 0.29) is 24.5 Å². The van der Waals surface area contributed by atoms with E-state index in [1.807, 2.05) is 25.1 Å². The molecule has 1 aliphatic rings. The second-order valence-electron chi connectivity index (χ2n) is 6.33. The average molecular weight is 338 g/mol. The van der Waals surface area contributed by atoms with Gasteiger partial charge < -0.3 is 15.4 Å². The molecule has 1 fully saturated rings. The van der Waals surface area contributed by atoms with Gasteiger partial charge in [-0.2, -0.15) is 0 Å². The van der Waals surface area contributed by atoms with Crippen LogP contribution in [0.2, 0.25) is 0 Å². The van der Waals surface area contributed by atoms with Crippen LogP contribution in [-0.4, -0.2) is 24.5 Å². The predicted molar refractivity (Wildman–Crippen MR) is 96.7 cm³/mol. The van der Waals surface area contributed by atoms with E-state index in [0.717, 1.165) is 0 Å². The van der Waals surface area contributed by atoms with Gasteiger partial charge >= 0.3 is 0 Å². The summed E-state index contributed by atoms with van der Waals surface area (Å²) < 4.78 is 5.53. The van der Waals surface area contributed by atoms with Crippen molar-refractivity contribution in [1.29, 1.82) is 0 Å². The van der Waals surface area contributed by atoms with Gasteiger partial charge in [0, 0.05) is 23.4 Å². The predicted octanol–water partition coefficient (Wildman–Crippen LogP) is 3.23. The quantitative estimate of drug-likeness (QED) is 0.814. The lowest BCUT2D eigenvalue weighted by Crippen LogP contribution is -2.37. The molecule has 0 aliphatic heterocycles. The van der Waals surface area contributed by atoms with Gasteiger partial charge in [0.1, 0.15) is 5.75 Å². The minimum Gasteiger partial charge on any atom is -0.484 e. The molecule has 0 spiro atoms. The van der Waals surface area contributed by atoms with Crippen LogP contribution in [0.4, 0.5) is 5.69 Å². The monoisotopic (exact) mass is 338 g/mol. The first kappa shape index (κ1) is 17.0. The fourth-order valence-electron chi connectivity index (χ4n) is 2.61. The minimum absolute atomic E-state index is 0.0346. The summed E-state index contributed by atoms with van der Waals surface area (Å²) >= 11 is 0. The number of amides is 2. The van der Waals surface area contributed by atoms with Crippen molar-refractivity contribution in [2.24, 2.45) is 5.92 Å². The molecule has 0 bridgehead atoms. The first-order valence-electron chi connectivity index (χ1n) is 8.50. The summed E-state index contributed by atoms with van der Waals surface area (Å²) in [4.78, 5) is 24.1. The van der Waals surface area contributed by atoms with E-state index in [2.05, 4.69) is 10.6 Å². The molecule has 130 valence electrons. The Labute approximate surface area is 147 Å². The molecule has 0 heterocycles. The van der Waals surface area contributed by atoms with Crippen molar-refractivity contribution in [3.05, 3.63) is 60.2 Å². The normalized spacial score (nSPS) is 14.4. The third-order valence-corrected chi connectivity index (χ3v) is 4.22. The molecule has 5 nitrogen and oxygen atoms in total. The van der Waals surface area contributed by atoms with Gasteiger partial charge in [0.2, 0.25) is 0 Å². The highest BCUT2D eigenvalue weighted by atomic mass is 16.5. The van der Waals surface area contributed by atoms with Crippen LogP contribution in [-0.2, 0) is 4.79 Å². The second kappa shape index (κ2) is 7.83. The van der Waals surface area contributed by atoms with Gasteiger partial charge in [0.05, 0.1) is 0 Å². The Kier molecular flexibility index (Phi) is 5.33. The summed E-state index contributed by atoms with van der Waals surface area (Å²) in [5.74, 6) is 0.840. The lowest BCUT2D eigenvalue weighted by molar-refractivity contribution is -0.123. The molecular weight excluding hydrogens is 316 g/mol. The zero-order valence-electron chi connectivity index (χ0n) is 14.2. The van der Waals surface area contributed by atoms with Crippen LogP contribution >= 0.6 is 0 Å². The molecule has 0 radical (unpaired) electrons. The Morgan fingerprint density at radius 1 is 1.12 bits per heavy atom. The largest absolute Gasteiger partial charge is 0.484 e.